The van der Waals surface area contributed by atoms with Gasteiger partial charge in [0.05, 0.1) is 0 Å². The fraction of sp³-hybridized carbons (Fsp3) is 0.682. The van der Waals surface area contributed by atoms with Crippen molar-refractivity contribution in [1.82, 2.24) is 9.80 Å². The number of ether oxygens (including phenoxy) is 1. The fourth-order valence-corrected chi connectivity index (χ4v) is 4.75. The third kappa shape index (κ3) is 4.60. The second-order valence-corrected chi connectivity index (χ2v) is 9.50. The van der Waals surface area contributed by atoms with Crippen LogP contribution < -0.4 is 0 Å². The van der Waals surface area contributed by atoms with Gasteiger partial charge in [0.25, 0.3) is 0 Å². The number of piperazine rings is 1. The summed E-state index contributed by atoms with van der Waals surface area (Å²) in [5, 5.41) is 0.785. The van der Waals surface area contributed by atoms with Crippen LogP contribution in [0.5, 0.6) is 0 Å². The van der Waals surface area contributed by atoms with Gasteiger partial charge in [0.1, 0.15) is 5.60 Å². The normalized spacial score (nSPS) is 23.9. The van der Waals surface area contributed by atoms with E-state index in [0.717, 1.165) is 18.1 Å². The predicted octanol–water partition coefficient (Wildman–Crippen LogP) is 5.44. The molecular formula is C22H33ClN2O2. The SMILES string of the molecule is C[C@@H]1CN(C2(c3ccc(Cl)cc3)CCCCC2)CCN1C(=O)OC(C)(C)C. The van der Waals surface area contributed by atoms with Gasteiger partial charge in [-0.1, -0.05) is 43.0 Å². The van der Waals surface area contributed by atoms with Crippen molar-refractivity contribution in [2.24, 2.45) is 0 Å². The van der Waals surface area contributed by atoms with Crippen LogP contribution in [0.3, 0.4) is 0 Å². The Bertz CT molecular complexity index is 647. The van der Waals surface area contributed by atoms with Crippen LogP contribution in [0.4, 0.5) is 4.79 Å². The van der Waals surface area contributed by atoms with Gasteiger partial charge in [-0.05, 0) is 58.2 Å². The van der Waals surface area contributed by atoms with E-state index in [1.165, 1.54) is 37.7 Å². The van der Waals surface area contributed by atoms with Crippen LogP contribution in [-0.4, -0.2) is 47.2 Å². The molecule has 1 aromatic rings. The highest BCUT2D eigenvalue weighted by Crippen LogP contribution is 2.43. The third-order valence-electron chi connectivity index (χ3n) is 5.92. The number of hydrogen-bond donors (Lipinski definition) is 0. The second kappa shape index (κ2) is 8.00. The standard InChI is InChI=1S/C22H33ClN2O2/c1-17-16-24(14-15-25(17)20(26)27-21(2,3)4)22(12-6-5-7-13-22)18-8-10-19(23)11-9-18/h8-11,17H,5-7,12-16H2,1-4H3/t17-/m1/s1. The smallest absolute Gasteiger partial charge is 0.410 e. The van der Waals surface area contributed by atoms with Crippen molar-refractivity contribution in [2.75, 3.05) is 19.6 Å². The van der Waals surface area contributed by atoms with Gasteiger partial charge in [0.2, 0.25) is 0 Å². The molecule has 4 nitrogen and oxygen atoms in total. The number of carbonyl (C=O) groups is 1. The Morgan fingerprint density at radius 1 is 1.11 bits per heavy atom. The molecule has 2 aliphatic rings. The molecule has 1 aliphatic carbocycles. The Morgan fingerprint density at radius 2 is 1.74 bits per heavy atom. The molecule has 2 fully saturated rings. The number of halogens is 1. The van der Waals surface area contributed by atoms with Gasteiger partial charge in [-0.25, -0.2) is 4.79 Å². The molecule has 27 heavy (non-hydrogen) atoms. The van der Waals surface area contributed by atoms with Crippen molar-refractivity contribution in [1.29, 1.82) is 0 Å². The van der Waals surface area contributed by atoms with E-state index in [2.05, 4.69) is 24.0 Å². The van der Waals surface area contributed by atoms with E-state index in [-0.39, 0.29) is 17.7 Å². The maximum Gasteiger partial charge on any atom is 0.410 e. The molecular weight excluding hydrogens is 360 g/mol. The summed E-state index contributed by atoms with van der Waals surface area (Å²) in [6.45, 7) is 10.4. The lowest BCUT2D eigenvalue weighted by molar-refractivity contribution is -0.0336. The number of amides is 1. The van der Waals surface area contributed by atoms with Gasteiger partial charge in [0, 0.05) is 36.2 Å². The first-order chi connectivity index (χ1) is 12.7. The molecule has 1 heterocycles. The first-order valence-electron chi connectivity index (χ1n) is 10.2. The molecule has 1 aliphatic heterocycles. The van der Waals surface area contributed by atoms with Crippen molar-refractivity contribution in [3.05, 3.63) is 34.9 Å². The first-order valence-corrected chi connectivity index (χ1v) is 10.6. The van der Waals surface area contributed by atoms with Gasteiger partial charge in [0.15, 0.2) is 0 Å². The molecule has 0 radical (unpaired) electrons. The van der Waals surface area contributed by atoms with Gasteiger partial charge in [-0.3, -0.25) is 4.90 Å². The van der Waals surface area contributed by atoms with Crippen LogP contribution in [0.1, 0.15) is 65.4 Å². The summed E-state index contributed by atoms with van der Waals surface area (Å²) < 4.78 is 5.61. The van der Waals surface area contributed by atoms with Crippen molar-refractivity contribution in [3.63, 3.8) is 0 Å². The highest BCUT2D eigenvalue weighted by Gasteiger charge is 2.43. The maximum absolute atomic E-state index is 12.6. The molecule has 150 valence electrons. The molecule has 1 saturated heterocycles. The van der Waals surface area contributed by atoms with Gasteiger partial charge in [-0.2, -0.15) is 0 Å². The summed E-state index contributed by atoms with van der Waals surface area (Å²) >= 11 is 6.14. The van der Waals surface area contributed by atoms with Crippen molar-refractivity contribution in [2.45, 2.75) is 77.0 Å². The van der Waals surface area contributed by atoms with Crippen LogP contribution in [0, 0.1) is 0 Å². The summed E-state index contributed by atoms with van der Waals surface area (Å²) in [4.78, 5) is 17.1. The minimum atomic E-state index is -0.457. The topological polar surface area (TPSA) is 32.8 Å². The first kappa shape index (κ1) is 20.5. The molecule has 0 N–H and O–H groups in total. The predicted molar refractivity (Wildman–Crippen MR) is 110 cm³/mol. The van der Waals surface area contributed by atoms with E-state index in [0.29, 0.717) is 6.54 Å². The minimum absolute atomic E-state index is 0.0666. The summed E-state index contributed by atoms with van der Waals surface area (Å²) in [7, 11) is 0. The van der Waals surface area contributed by atoms with E-state index in [1.807, 2.05) is 37.8 Å². The number of benzene rings is 1. The van der Waals surface area contributed by atoms with E-state index in [1.54, 1.807) is 0 Å². The lowest BCUT2D eigenvalue weighted by atomic mass is 9.74. The maximum atomic E-state index is 12.6. The zero-order chi connectivity index (χ0) is 19.7. The Balaban J connectivity index is 1.78. The average Bonchev–Trinajstić information content (AvgIpc) is 2.61. The Morgan fingerprint density at radius 3 is 2.30 bits per heavy atom. The summed E-state index contributed by atoms with van der Waals surface area (Å²) in [6.07, 6.45) is 5.97. The average molecular weight is 393 g/mol. The number of carbonyl (C=O) groups excluding carboxylic acids is 1. The van der Waals surface area contributed by atoms with Gasteiger partial charge in [-0.15, -0.1) is 0 Å². The quantitative estimate of drug-likeness (QED) is 0.671. The third-order valence-corrected chi connectivity index (χ3v) is 6.18. The highest BCUT2D eigenvalue weighted by molar-refractivity contribution is 6.30. The lowest BCUT2D eigenvalue weighted by Crippen LogP contribution is -2.60. The molecule has 0 bridgehead atoms. The van der Waals surface area contributed by atoms with E-state index in [9.17, 15) is 4.79 Å². The second-order valence-electron chi connectivity index (χ2n) is 9.07. The monoisotopic (exact) mass is 392 g/mol. The van der Waals surface area contributed by atoms with Crippen molar-refractivity contribution >= 4 is 17.7 Å². The summed E-state index contributed by atoms with van der Waals surface area (Å²) in [5.74, 6) is 0. The Labute approximate surface area is 168 Å². The molecule has 3 rings (SSSR count). The summed E-state index contributed by atoms with van der Waals surface area (Å²) in [6, 6.07) is 8.54. The van der Waals surface area contributed by atoms with Crippen molar-refractivity contribution in [3.8, 4) is 0 Å². The number of rotatable bonds is 2. The zero-order valence-electron chi connectivity index (χ0n) is 17.1. The molecule has 0 unspecified atom stereocenters. The fourth-order valence-electron chi connectivity index (χ4n) is 4.62. The van der Waals surface area contributed by atoms with Gasteiger partial charge >= 0.3 is 6.09 Å². The van der Waals surface area contributed by atoms with E-state index < -0.39 is 5.60 Å². The van der Waals surface area contributed by atoms with Crippen LogP contribution in [0.15, 0.2) is 24.3 Å². The Kier molecular flexibility index (Phi) is 6.07. The van der Waals surface area contributed by atoms with Crippen LogP contribution >= 0.6 is 11.6 Å². The molecule has 0 spiro atoms. The van der Waals surface area contributed by atoms with Crippen LogP contribution in [0.25, 0.3) is 0 Å². The zero-order valence-corrected chi connectivity index (χ0v) is 17.9. The highest BCUT2D eigenvalue weighted by atomic mass is 35.5. The Hall–Kier alpha value is -1.26. The minimum Gasteiger partial charge on any atom is -0.444 e. The molecule has 5 heteroatoms. The van der Waals surface area contributed by atoms with Crippen molar-refractivity contribution < 1.29 is 9.53 Å². The largest absolute Gasteiger partial charge is 0.444 e. The van der Waals surface area contributed by atoms with E-state index in [4.69, 9.17) is 16.3 Å². The van der Waals surface area contributed by atoms with E-state index >= 15 is 0 Å². The molecule has 1 aromatic carbocycles. The molecule has 1 amide bonds. The van der Waals surface area contributed by atoms with Gasteiger partial charge < -0.3 is 9.64 Å². The molecule has 1 atom stereocenters. The number of nitrogens with zero attached hydrogens (tertiary/aromatic N) is 2. The van der Waals surface area contributed by atoms with Crippen LogP contribution in [-0.2, 0) is 10.3 Å². The van der Waals surface area contributed by atoms with Crippen LogP contribution in [0.2, 0.25) is 5.02 Å². The summed E-state index contributed by atoms with van der Waals surface area (Å²) in [5.41, 5.74) is 0.975. The lowest BCUT2D eigenvalue weighted by Gasteiger charge is -2.52. The number of hydrogen-bond acceptors (Lipinski definition) is 3. The molecule has 1 saturated carbocycles. The molecule has 0 aromatic heterocycles.